The molecule has 1 saturated heterocycles. The third kappa shape index (κ3) is 2.91. The van der Waals surface area contributed by atoms with Crippen LogP contribution in [0.2, 0.25) is 10.0 Å². The van der Waals surface area contributed by atoms with Gasteiger partial charge in [0.15, 0.2) is 11.5 Å². The lowest BCUT2D eigenvalue weighted by molar-refractivity contribution is 0.381. The number of aromatic nitrogens is 3. The Bertz CT molecular complexity index is 1030. The molecule has 0 radical (unpaired) electrons. The van der Waals surface area contributed by atoms with Crippen molar-refractivity contribution in [2.45, 2.75) is 23.8 Å². The highest BCUT2D eigenvalue weighted by atomic mass is 35.5. The topological polar surface area (TPSA) is 67.6 Å². The monoisotopic (exact) mass is 396 g/mol. The van der Waals surface area contributed by atoms with Crippen LogP contribution in [-0.2, 0) is 10.0 Å². The van der Waals surface area contributed by atoms with E-state index in [9.17, 15) is 8.42 Å². The molecule has 1 aliphatic heterocycles. The summed E-state index contributed by atoms with van der Waals surface area (Å²) in [6.07, 6.45) is 3.27. The predicted octanol–water partition coefficient (Wildman–Crippen LogP) is 3.56. The minimum absolute atomic E-state index is 0.0886. The fourth-order valence-corrected chi connectivity index (χ4v) is 5.57. The maximum absolute atomic E-state index is 13.1. The highest BCUT2D eigenvalue weighted by molar-refractivity contribution is 7.89. The fourth-order valence-electron chi connectivity index (χ4n) is 3.19. The van der Waals surface area contributed by atoms with Gasteiger partial charge in [0, 0.05) is 22.8 Å². The molecule has 0 unspecified atom stereocenters. The second kappa shape index (κ2) is 6.25. The number of fused-ring (bicyclic) bond motifs is 1. The maximum atomic E-state index is 13.1. The zero-order chi connectivity index (χ0) is 17.6. The Morgan fingerprint density at radius 3 is 2.60 bits per heavy atom. The van der Waals surface area contributed by atoms with Crippen molar-refractivity contribution in [3.05, 3.63) is 58.5 Å². The molecule has 3 aromatic rings. The standard InChI is InChI=1S/C16H14Cl2N4O2S/c17-11-8-12(18)10-13(9-11)25(23,24)22-7-3-4-14(22)16-20-19-15-5-1-2-6-21(15)16/h1-2,5-6,8-10,14H,3-4,7H2/t14-/m1/s1. The van der Waals surface area contributed by atoms with Crippen LogP contribution in [0.5, 0.6) is 0 Å². The first-order valence-electron chi connectivity index (χ1n) is 7.74. The number of pyridine rings is 1. The first-order chi connectivity index (χ1) is 12.0. The van der Waals surface area contributed by atoms with Gasteiger partial charge in [0.25, 0.3) is 0 Å². The number of nitrogens with zero attached hydrogens (tertiary/aromatic N) is 4. The number of rotatable bonds is 3. The first kappa shape index (κ1) is 16.8. The lowest BCUT2D eigenvalue weighted by Gasteiger charge is -2.23. The maximum Gasteiger partial charge on any atom is 0.243 e. The summed E-state index contributed by atoms with van der Waals surface area (Å²) in [4.78, 5) is 0.0886. The summed E-state index contributed by atoms with van der Waals surface area (Å²) < 4.78 is 29.5. The molecule has 4 rings (SSSR count). The number of hydrogen-bond acceptors (Lipinski definition) is 4. The molecule has 130 valence electrons. The minimum atomic E-state index is -3.74. The van der Waals surface area contributed by atoms with Gasteiger partial charge in [0.2, 0.25) is 10.0 Å². The highest BCUT2D eigenvalue weighted by Gasteiger charge is 2.38. The van der Waals surface area contributed by atoms with Crippen LogP contribution < -0.4 is 0 Å². The third-order valence-electron chi connectivity index (χ3n) is 4.28. The molecule has 0 N–H and O–H groups in total. The highest BCUT2D eigenvalue weighted by Crippen LogP contribution is 2.36. The van der Waals surface area contributed by atoms with Crippen LogP contribution in [0.15, 0.2) is 47.5 Å². The van der Waals surface area contributed by atoms with Gasteiger partial charge in [0.05, 0.1) is 10.9 Å². The van der Waals surface area contributed by atoms with E-state index < -0.39 is 10.0 Å². The fraction of sp³-hybridized carbons (Fsp3) is 0.250. The number of hydrogen-bond donors (Lipinski definition) is 0. The summed E-state index contributed by atoms with van der Waals surface area (Å²) in [5.41, 5.74) is 0.688. The van der Waals surface area contributed by atoms with Crippen molar-refractivity contribution in [2.75, 3.05) is 6.54 Å². The Labute approximate surface area is 155 Å². The Hall–Kier alpha value is -1.67. The molecule has 1 aromatic carbocycles. The van der Waals surface area contributed by atoms with Crippen molar-refractivity contribution in [1.29, 1.82) is 0 Å². The molecule has 25 heavy (non-hydrogen) atoms. The van der Waals surface area contributed by atoms with E-state index in [2.05, 4.69) is 10.2 Å². The smallest absolute Gasteiger partial charge is 0.243 e. The van der Waals surface area contributed by atoms with Crippen molar-refractivity contribution in [3.63, 3.8) is 0 Å². The Balaban J connectivity index is 1.78. The molecule has 0 amide bonds. The molecule has 0 bridgehead atoms. The van der Waals surface area contributed by atoms with Crippen molar-refractivity contribution >= 4 is 38.9 Å². The summed E-state index contributed by atoms with van der Waals surface area (Å²) >= 11 is 12.0. The second-order valence-corrected chi connectivity index (χ2v) is 8.63. The first-order valence-corrected chi connectivity index (χ1v) is 9.94. The van der Waals surface area contributed by atoms with Gasteiger partial charge in [-0.2, -0.15) is 4.31 Å². The molecule has 6 nitrogen and oxygen atoms in total. The van der Waals surface area contributed by atoms with Gasteiger partial charge in [-0.3, -0.25) is 4.40 Å². The van der Waals surface area contributed by atoms with Gasteiger partial charge in [0.1, 0.15) is 0 Å². The van der Waals surface area contributed by atoms with E-state index in [1.54, 1.807) is 0 Å². The van der Waals surface area contributed by atoms with E-state index in [1.807, 2.05) is 28.8 Å². The normalized spacial score (nSPS) is 18.9. The Kier molecular flexibility index (Phi) is 4.19. The van der Waals surface area contributed by atoms with E-state index in [1.165, 1.54) is 22.5 Å². The van der Waals surface area contributed by atoms with E-state index in [-0.39, 0.29) is 21.0 Å². The Morgan fingerprint density at radius 2 is 1.84 bits per heavy atom. The molecular formula is C16H14Cl2N4O2S. The van der Waals surface area contributed by atoms with Crippen LogP contribution in [0.1, 0.15) is 24.7 Å². The van der Waals surface area contributed by atoms with Crippen molar-refractivity contribution in [1.82, 2.24) is 18.9 Å². The summed E-state index contributed by atoms with van der Waals surface area (Å²) in [6.45, 7) is 0.416. The molecule has 0 aliphatic carbocycles. The lowest BCUT2D eigenvalue weighted by Crippen LogP contribution is -2.31. The molecule has 2 aromatic heterocycles. The average molecular weight is 397 g/mol. The van der Waals surface area contributed by atoms with Crippen LogP contribution in [0, 0.1) is 0 Å². The van der Waals surface area contributed by atoms with Gasteiger partial charge >= 0.3 is 0 Å². The van der Waals surface area contributed by atoms with Gasteiger partial charge in [-0.05, 0) is 43.2 Å². The number of benzene rings is 1. The summed E-state index contributed by atoms with van der Waals surface area (Å²) in [6, 6.07) is 9.53. The average Bonchev–Trinajstić information content (AvgIpc) is 3.20. The summed E-state index contributed by atoms with van der Waals surface area (Å²) in [5.74, 6) is 0.616. The van der Waals surface area contributed by atoms with Crippen molar-refractivity contribution in [2.24, 2.45) is 0 Å². The minimum Gasteiger partial charge on any atom is -0.285 e. The third-order valence-corrected chi connectivity index (χ3v) is 6.61. The zero-order valence-corrected chi connectivity index (χ0v) is 15.3. The summed E-state index contributed by atoms with van der Waals surface area (Å²) in [5, 5.41) is 8.93. The summed E-state index contributed by atoms with van der Waals surface area (Å²) in [7, 11) is -3.74. The van der Waals surface area contributed by atoms with Gasteiger partial charge in [-0.1, -0.05) is 29.3 Å². The number of halogens is 2. The van der Waals surface area contributed by atoms with Crippen LogP contribution in [0.4, 0.5) is 0 Å². The zero-order valence-electron chi connectivity index (χ0n) is 13.0. The van der Waals surface area contributed by atoms with Crippen LogP contribution in [0.25, 0.3) is 5.65 Å². The number of sulfonamides is 1. The van der Waals surface area contributed by atoms with Gasteiger partial charge in [-0.25, -0.2) is 8.42 Å². The van der Waals surface area contributed by atoms with E-state index in [0.717, 1.165) is 6.42 Å². The molecule has 3 heterocycles. The van der Waals surface area contributed by atoms with E-state index in [0.29, 0.717) is 24.4 Å². The molecule has 9 heteroatoms. The lowest BCUT2D eigenvalue weighted by atomic mass is 10.2. The van der Waals surface area contributed by atoms with Gasteiger partial charge < -0.3 is 0 Å². The molecule has 1 atom stereocenters. The van der Waals surface area contributed by atoms with Crippen LogP contribution in [0.3, 0.4) is 0 Å². The second-order valence-electron chi connectivity index (χ2n) is 5.87. The largest absolute Gasteiger partial charge is 0.285 e. The van der Waals surface area contributed by atoms with E-state index in [4.69, 9.17) is 23.2 Å². The van der Waals surface area contributed by atoms with Gasteiger partial charge in [-0.15, -0.1) is 10.2 Å². The van der Waals surface area contributed by atoms with Crippen LogP contribution >= 0.6 is 23.2 Å². The predicted molar refractivity (Wildman–Crippen MR) is 95.3 cm³/mol. The quantitative estimate of drug-likeness (QED) is 0.678. The molecule has 1 fully saturated rings. The van der Waals surface area contributed by atoms with Crippen LogP contribution in [-0.4, -0.2) is 33.9 Å². The van der Waals surface area contributed by atoms with Crippen molar-refractivity contribution in [3.8, 4) is 0 Å². The Morgan fingerprint density at radius 1 is 1.08 bits per heavy atom. The molecule has 0 spiro atoms. The van der Waals surface area contributed by atoms with E-state index >= 15 is 0 Å². The molecule has 0 saturated carbocycles. The van der Waals surface area contributed by atoms with Crippen molar-refractivity contribution < 1.29 is 8.42 Å². The SMILES string of the molecule is O=S(=O)(c1cc(Cl)cc(Cl)c1)N1CCC[C@@H]1c1nnc2ccccn12. The molecular weight excluding hydrogens is 383 g/mol. The molecule has 1 aliphatic rings.